The Morgan fingerprint density at radius 3 is 2.18 bits per heavy atom. The third-order valence-electron chi connectivity index (χ3n) is 6.88. The van der Waals surface area contributed by atoms with Crippen LogP contribution in [0.4, 0.5) is 0 Å². The highest BCUT2D eigenvalue weighted by Crippen LogP contribution is 2.60. The Morgan fingerprint density at radius 1 is 1.09 bits per heavy atom. The lowest BCUT2D eigenvalue weighted by Gasteiger charge is -2.28. The Balaban J connectivity index is 1.51. The van der Waals surface area contributed by atoms with Gasteiger partial charge in [-0.3, -0.25) is 19.3 Å². The predicted molar refractivity (Wildman–Crippen MR) is 131 cm³/mol. The molecule has 2 bridgehead atoms. The van der Waals surface area contributed by atoms with Gasteiger partial charge in [0.1, 0.15) is 6.04 Å². The quantitative estimate of drug-likeness (QED) is 0.187. The molecule has 2 aliphatic carbocycles. The number of nitrogens with zero attached hydrogens (tertiary/aromatic N) is 1. The van der Waals surface area contributed by atoms with Crippen LogP contribution in [0.1, 0.15) is 37.0 Å². The van der Waals surface area contributed by atoms with E-state index in [1.807, 2.05) is 13.8 Å². The number of likely N-dealkylation sites (tertiary alicyclic amines) is 1. The van der Waals surface area contributed by atoms with Gasteiger partial charge in [-0.05, 0) is 48.8 Å². The Bertz CT molecular complexity index is 987. The molecule has 1 saturated heterocycles. The molecule has 1 heterocycles. The molecular formula is C23H23Br2Cl2NO5. The number of halogens is 4. The molecule has 178 valence electrons. The van der Waals surface area contributed by atoms with E-state index in [1.54, 1.807) is 0 Å². The maximum Gasteiger partial charge on any atom is 0.329 e. The normalized spacial score (nSPS) is 31.3. The zero-order valence-electron chi connectivity index (χ0n) is 18.0. The van der Waals surface area contributed by atoms with Crippen molar-refractivity contribution >= 4 is 78.6 Å². The number of esters is 1. The number of rotatable bonds is 7. The molecule has 33 heavy (non-hydrogen) atoms. The van der Waals surface area contributed by atoms with E-state index < -0.39 is 36.2 Å². The van der Waals surface area contributed by atoms with E-state index in [2.05, 4.69) is 31.9 Å². The topological polar surface area (TPSA) is 80.8 Å². The summed E-state index contributed by atoms with van der Waals surface area (Å²) in [6, 6.07) is 3.35. The third-order valence-corrected chi connectivity index (χ3v) is 10.6. The number of benzene rings is 1. The van der Waals surface area contributed by atoms with Crippen molar-refractivity contribution in [3.05, 3.63) is 33.8 Å². The second kappa shape index (κ2) is 9.59. The molecule has 0 aromatic heterocycles. The smallest absolute Gasteiger partial charge is 0.329 e. The lowest BCUT2D eigenvalue weighted by atomic mass is 9.81. The molecule has 7 unspecified atom stereocenters. The van der Waals surface area contributed by atoms with Crippen molar-refractivity contribution in [3.8, 4) is 0 Å². The van der Waals surface area contributed by atoms with Crippen LogP contribution in [-0.4, -0.2) is 50.8 Å². The van der Waals surface area contributed by atoms with E-state index in [1.165, 1.54) is 18.2 Å². The van der Waals surface area contributed by atoms with Crippen molar-refractivity contribution in [1.29, 1.82) is 0 Å². The second-order valence-electron chi connectivity index (χ2n) is 9.35. The molecule has 1 aromatic rings. The zero-order valence-corrected chi connectivity index (χ0v) is 22.7. The number of imide groups is 1. The molecule has 0 spiro atoms. The molecule has 3 aliphatic rings. The van der Waals surface area contributed by atoms with Gasteiger partial charge in [0.05, 0.1) is 16.9 Å². The highest BCUT2D eigenvalue weighted by molar-refractivity contribution is 9.12. The fourth-order valence-corrected chi connectivity index (χ4v) is 7.85. The molecule has 0 N–H and O–H groups in total. The number of alkyl halides is 2. The van der Waals surface area contributed by atoms with Gasteiger partial charge in [-0.2, -0.15) is 0 Å². The number of Topliss-reactive ketones (excluding diaryl/α,β-unsaturated/α-hetero) is 1. The van der Waals surface area contributed by atoms with Crippen LogP contribution >= 0.6 is 55.1 Å². The minimum absolute atomic E-state index is 0.0228. The highest BCUT2D eigenvalue weighted by atomic mass is 79.9. The summed E-state index contributed by atoms with van der Waals surface area (Å²) in [6.07, 6.45) is 1.07. The summed E-state index contributed by atoms with van der Waals surface area (Å²) in [5.41, 5.74) is 0.181. The maximum absolute atomic E-state index is 13.4. The van der Waals surface area contributed by atoms with Crippen molar-refractivity contribution in [3.63, 3.8) is 0 Å². The van der Waals surface area contributed by atoms with Crippen LogP contribution in [0.2, 0.25) is 10.0 Å². The lowest BCUT2D eigenvalue weighted by molar-refractivity contribution is -0.159. The van der Waals surface area contributed by atoms with E-state index in [4.69, 9.17) is 27.9 Å². The number of ether oxygens (including phenoxy) is 1. The molecule has 1 aromatic carbocycles. The van der Waals surface area contributed by atoms with Crippen LogP contribution in [0.5, 0.6) is 0 Å². The first-order valence-corrected chi connectivity index (χ1v) is 13.4. The minimum atomic E-state index is -1.06. The van der Waals surface area contributed by atoms with E-state index in [9.17, 15) is 19.2 Å². The molecule has 2 amide bonds. The lowest BCUT2D eigenvalue weighted by Crippen LogP contribution is -2.48. The molecule has 4 rings (SSSR count). The number of ketones is 1. The van der Waals surface area contributed by atoms with Crippen LogP contribution in [0.25, 0.3) is 0 Å². The fourth-order valence-electron chi connectivity index (χ4n) is 5.46. The van der Waals surface area contributed by atoms with Crippen LogP contribution in [0.3, 0.4) is 0 Å². The second-order valence-corrected chi connectivity index (χ2v) is 12.3. The first-order valence-electron chi connectivity index (χ1n) is 10.8. The van der Waals surface area contributed by atoms with Gasteiger partial charge in [0, 0.05) is 20.2 Å². The van der Waals surface area contributed by atoms with Gasteiger partial charge in [0.15, 0.2) is 6.61 Å². The van der Waals surface area contributed by atoms with Crippen LogP contribution in [0, 0.1) is 29.6 Å². The number of amides is 2. The van der Waals surface area contributed by atoms with Crippen molar-refractivity contribution in [1.82, 2.24) is 4.90 Å². The van der Waals surface area contributed by atoms with E-state index in [-0.39, 0.29) is 56.2 Å². The van der Waals surface area contributed by atoms with Gasteiger partial charge in [0.2, 0.25) is 17.6 Å². The molecule has 0 radical (unpaired) electrons. The Labute approximate surface area is 218 Å². The zero-order chi connectivity index (χ0) is 24.2. The average Bonchev–Trinajstić information content (AvgIpc) is 3.35. The summed E-state index contributed by atoms with van der Waals surface area (Å²) in [5, 5.41) is 0.539. The highest BCUT2D eigenvalue weighted by Gasteiger charge is 2.67. The molecule has 3 fully saturated rings. The fraction of sp³-hybridized carbons (Fsp3) is 0.565. The van der Waals surface area contributed by atoms with E-state index in [0.717, 1.165) is 11.3 Å². The Morgan fingerprint density at radius 2 is 1.67 bits per heavy atom. The molecule has 7 atom stereocenters. The SMILES string of the molecule is CC(C)CC(C(=O)OCC(=O)c1ccc(Cl)cc1Cl)N1C(=O)C2C3CC(C(Br)C3Br)C2C1=O. The number of carbonyl (C=O) groups excluding carboxylic acids is 4. The van der Waals surface area contributed by atoms with Crippen LogP contribution < -0.4 is 0 Å². The summed E-state index contributed by atoms with van der Waals surface area (Å²) in [5.74, 6) is -2.59. The number of hydrogen-bond donors (Lipinski definition) is 0. The van der Waals surface area contributed by atoms with Gasteiger partial charge in [-0.25, -0.2) is 4.79 Å². The summed E-state index contributed by atoms with van der Waals surface area (Å²) in [6.45, 7) is 3.26. The van der Waals surface area contributed by atoms with E-state index >= 15 is 0 Å². The summed E-state index contributed by atoms with van der Waals surface area (Å²) >= 11 is 19.3. The molecule has 6 nitrogen and oxygen atoms in total. The Hall–Kier alpha value is -0.960. The van der Waals surface area contributed by atoms with E-state index in [0.29, 0.717) is 5.02 Å². The van der Waals surface area contributed by atoms with Crippen molar-refractivity contribution < 1.29 is 23.9 Å². The molecule has 10 heteroatoms. The van der Waals surface area contributed by atoms with Crippen LogP contribution in [-0.2, 0) is 19.1 Å². The monoisotopic (exact) mass is 621 g/mol. The summed E-state index contributed by atoms with van der Waals surface area (Å²) < 4.78 is 5.30. The summed E-state index contributed by atoms with van der Waals surface area (Å²) in [4.78, 5) is 53.7. The first kappa shape index (κ1) is 25.1. The van der Waals surface area contributed by atoms with Crippen molar-refractivity contribution in [2.24, 2.45) is 29.6 Å². The van der Waals surface area contributed by atoms with Gasteiger partial charge >= 0.3 is 5.97 Å². The third kappa shape index (κ3) is 4.41. The largest absolute Gasteiger partial charge is 0.456 e. The van der Waals surface area contributed by atoms with Gasteiger partial charge in [-0.15, -0.1) is 0 Å². The predicted octanol–water partition coefficient (Wildman–Crippen LogP) is 4.91. The molecule has 2 saturated carbocycles. The minimum Gasteiger partial charge on any atom is -0.456 e. The number of carbonyl (C=O) groups is 4. The number of fused-ring (bicyclic) bond motifs is 5. The average molecular weight is 624 g/mol. The maximum atomic E-state index is 13.4. The standard InChI is InChI=1S/C23H23Br2Cl2NO5/c1-9(2)5-15(23(32)33-8-16(29)11-4-3-10(26)6-14(11)27)28-21(30)17-12-7-13(18(17)22(28)31)20(25)19(12)24/h3-4,6,9,12-13,15,17-20H,5,7-8H2,1-2H3. The number of hydrogen-bond acceptors (Lipinski definition) is 5. The van der Waals surface area contributed by atoms with Crippen molar-refractivity contribution in [2.75, 3.05) is 6.61 Å². The van der Waals surface area contributed by atoms with Gasteiger partial charge in [-0.1, -0.05) is 68.9 Å². The molecule has 1 aliphatic heterocycles. The first-order chi connectivity index (χ1) is 15.5. The van der Waals surface area contributed by atoms with Gasteiger partial charge < -0.3 is 4.74 Å². The Kier molecular flexibility index (Phi) is 7.31. The van der Waals surface area contributed by atoms with Crippen molar-refractivity contribution in [2.45, 2.75) is 42.4 Å². The molecular weight excluding hydrogens is 601 g/mol. The van der Waals surface area contributed by atoms with Crippen LogP contribution in [0.15, 0.2) is 18.2 Å². The summed E-state index contributed by atoms with van der Waals surface area (Å²) in [7, 11) is 0. The van der Waals surface area contributed by atoms with Gasteiger partial charge in [0.25, 0.3) is 0 Å².